The van der Waals surface area contributed by atoms with Gasteiger partial charge in [0.05, 0.1) is 37.5 Å². The maximum atomic E-state index is 13.6. The Labute approximate surface area is 183 Å². The molecular formula is C22H25F3N4O3. The Morgan fingerprint density at radius 3 is 2.69 bits per heavy atom. The summed E-state index contributed by atoms with van der Waals surface area (Å²) in [6, 6.07) is 2.89. The summed E-state index contributed by atoms with van der Waals surface area (Å²) in [5.41, 5.74) is 1.72. The van der Waals surface area contributed by atoms with Crippen molar-refractivity contribution >= 4 is 17.6 Å². The summed E-state index contributed by atoms with van der Waals surface area (Å²) < 4.78 is 53.5. The van der Waals surface area contributed by atoms with E-state index in [1.165, 1.54) is 20.1 Å². The molecule has 1 amide bonds. The number of rotatable bonds is 2. The van der Waals surface area contributed by atoms with Crippen LogP contribution in [0, 0.1) is 6.92 Å². The monoisotopic (exact) mass is 450 g/mol. The second-order valence-corrected chi connectivity index (χ2v) is 8.55. The van der Waals surface area contributed by atoms with E-state index < -0.39 is 17.8 Å². The van der Waals surface area contributed by atoms with Crippen LogP contribution in [-0.2, 0) is 23.9 Å². The number of hydrogen-bond acceptors (Lipinski definition) is 5. The smallest absolute Gasteiger partial charge is 0.416 e. The van der Waals surface area contributed by atoms with Gasteiger partial charge in [0.2, 0.25) is 0 Å². The zero-order chi connectivity index (χ0) is 22.6. The third-order valence-corrected chi connectivity index (χ3v) is 6.65. The van der Waals surface area contributed by atoms with Gasteiger partial charge in [0.25, 0.3) is 0 Å². The van der Waals surface area contributed by atoms with Crippen LogP contribution in [0.4, 0.5) is 29.5 Å². The molecule has 0 spiro atoms. The highest BCUT2D eigenvalue weighted by molar-refractivity contribution is 5.74. The fourth-order valence-corrected chi connectivity index (χ4v) is 4.75. The molecule has 172 valence electrons. The maximum absolute atomic E-state index is 13.6. The molecular weight excluding hydrogens is 425 g/mol. The van der Waals surface area contributed by atoms with Gasteiger partial charge in [0.15, 0.2) is 5.82 Å². The van der Waals surface area contributed by atoms with Gasteiger partial charge >= 0.3 is 12.3 Å². The van der Waals surface area contributed by atoms with E-state index in [0.29, 0.717) is 56.0 Å². The van der Waals surface area contributed by atoms with Crippen molar-refractivity contribution in [1.82, 2.24) is 14.7 Å². The summed E-state index contributed by atoms with van der Waals surface area (Å²) in [6.45, 7) is 2.99. The SMILES string of the molecule is COC(=O)N1CCc2c(c(N3CCOc4cc(C)c(C(F)(F)F)cc43)nn2C2CCC2)C1. The average Bonchev–Trinajstić information content (AvgIpc) is 3.08. The lowest BCUT2D eigenvalue weighted by Gasteiger charge is -2.33. The number of anilines is 2. The summed E-state index contributed by atoms with van der Waals surface area (Å²) in [4.78, 5) is 15.6. The first-order chi connectivity index (χ1) is 15.3. The van der Waals surface area contributed by atoms with E-state index in [-0.39, 0.29) is 5.56 Å². The van der Waals surface area contributed by atoms with E-state index in [0.717, 1.165) is 36.6 Å². The third-order valence-electron chi connectivity index (χ3n) is 6.65. The molecule has 1 aliphatic carbocycles. The molecule has 1 aromatic heterocycles. The molecule has 0 bridgehead atoms. The zero-order valence-electron chi connectivity index (χ0n) is 18.0. The molecule has 0 N–H and O–H groups in total. The fourth-order valence-electron chi connectivity index (χ4n) is 4.75. The lowest BCUT2D eigenvalue weighted by atomic mass is 9.92. The van der Waals surface area contributed by atoms with Crippen LogP contribution < -0.4 is 9.64 Å². The highest BCUT2D eigenvalue weighted by Crippen LogP contribution is 2.45. The number of hydrogen-bond donors (Lipinski definition) is 0. The molecule has 0 radical (unpaired) electrons. The largest absolute Gasteiger partial charge is 0.490 e. The molecule has 7 nitrogen and oxygen atoms in total. The van der Waals surface area contributed by atoms with Crippen molar-refractivity contribution in [3.63, 3.8) is 0 Å². The minimum atomic E-state index is -4.46. The Morgan fingerprint density at radius 2 is 2.03 bits per heavy atom. The van der Waals surface area contributed by atoms with Gasteiger partial charge in [-0.25, -0.2) is 4.79 Å². The van der Waals surface area contributed by atoms with E-state index in [2.05, 4.69) is 0 Å². The van der Waals surface area contributed by atoms with Crippen LogP contribution in [0.15, 0.2) is 12.1 Å². The number of nitrogens with zero attached hydrogens (tertiary/aromatic N) is 4. The highest BCUT2D eigenvalue weighted by Gasteiger charge is 2.38. The van der Waals surface area contributed by atoms with E-state index >= 15 is 0 Å². The predicted molar refractivity (Wildman–Crippen MR) is 110 cm³/mol. The van der Waals surface area contributed by atoms with Gasteiger partial charge in [-0.2, -0.15) is 18.3 Å². The van der Waals surface area contributed by atoms with Crippen molar-refractivity contribution in [2.45, 2.75) is 51.4 Å². The van der Waals surface area contributed by atoms with Crippen LogP contribution in [0.1, 0.15) is 47.7 Å². The summed E-state index contributed by atoms with van der Waals surface area (Å²) in [7, 11) is 1.34. The molecule has 0 unspecified atom stereocenters. The Hall–Kier alpha value is -2.91. The number of methoxy groups -OCH3 is 1. The zero-order valence-corrected chi connectivity index (χ0v) is 18.0. The van der Waals surface area contributed by atoms with E-state index in [1.807, 2.05) is 9.58 Å². The Kier molecular flexibility index (Phi) is 4.98. The lowest BCUT2D eigenvalue weighted by molar-refractivity contribution is -0.138. The average molecular weight is 450 g/mol. The molecule has 2 aromatic rings. The number of fused-ring (bicyclic) bond motifs is 2. The number of aryl methyl sites for hydroxylation is 1. The molecule has 2 aliphatic heterocycles. The molecule has 1 saturated carbocycles. The molecule has 0 saturated heterocycles. The van der Waals surface area contributed by atoms with Crippen LogP contribution >= 0.6 is 0 Å². The number of carbonyl (C=O) groups excluding carboxylic acids is 1. The van der Waals surface area contributed by atoms with Crippen molar-refractivity contribution in [2.75, 3.05) is 31.7 Å². The summed E-state index contributed by atoms with van der Waals surface area (Å²) in [6.07, 6.45) is -1.05. The second-order valence-electron chi connectivity index (χ2n) is 8.55. The van der Waals surface area contributed by atoms with Gasteiger partial charge in [-0.3, -0.25) is 4.68 Å². The second kappa shape index (κ2) is 7.60. The van der Waals surface area contributed by atoms with Crippen molar-refractivity contribution in [2.24, 2.45) is 0 Å². The lowest BCUT2D eigenvalue weighted by Crippen LogP contribution is -2.37. The van der Waals surface area contributed by atoms with Gasteiger partial charge in [-0.15, -0.1) is 0 Å². The van der Waals surface area contributed by atoms with E-state index in [1.54, 1.807) is 4.90 Å². The molecule has 32 heavy (non-hydrogen) atoms. The number of alkyl halides is 3. The first-order valence-electron chi connectivity index (χ1n) is 10.8. The standard InChI is InChI=1S/C22H25F3N4O3/c1-13-10-19-18(11-16(13)22(23,24)25)28(8-9-32-19)20-15-12-27(21(30)31-2)7-6-17(15)29(26-20)14-4-3-5-14/h10-11,14H,3-9,12H2,1-2H3. The molecule has 3 heterocycles. The topological polar surface area (TPSA) is 59.8 Å². The summed E-state index contributed by atoms with van der Waals surface area (Å²) in [5, 5.41) is 4.90. The minimum absolute atomic E-state index is 0.122. The first-order valence-corrected chi connectivity index (χ1v) is 10.8. The molecule has 1 fully saturated rings. The normalized spacial score (nSPS) is 18.5. The number of benzene rings is 1. The number of aromatic nitrogens is 2. The van der Waals surface area contributed by atoms with Crippen molar-refractivity contribution in [3.05, 3.63) is 34.5 Å². The maximum Gasteiger partial charge on any atom is 0.416 e. The van der Waals surface area contributed by atoms with Crippen LogP contribution in [0.3, 0.4) is 0 Å². The Balaban J connectivity index is 1.62. The Bertz CT molecular complexity index is 1060. The van der Waals surface area contributed by atoms with Crippen LogP contribution in [0.25, 0.3) is 0 Å². The molecule has 3 aliphatic rings. The predicted octanol–water partition coefficient (Wildman–Crippen LogP) is 4.59. The highest BCUT2D eigenvalue weighted by atomic mass is 19.4. The molecule has 10 heteroatoms. The summed E-state index contributed by atoms with van der Waals surface area (Å²) in [5.74, 6) is 1.01. The number of amides is 1. The minimum Gasteiger partial charge on any atom is -0.490 e. The molecule has 0 atom stereocenters. The van der Waals surface area contributed by atoms with Gasteiger partial charge in [0, 0.05) is 24.2 Å². The summed E-state index contributed by atoms with van der Waals surface area (Å²) >= 11 is 0. The van der Waals surface area contributed by atoms with Crippen molar-refractivity contribution in [1.29, 1.82) is 0 Å². The van der Waals surface area contributed by atoms with E-state index in [9.17, 15) is 18.0 Å². The van der Waals surface area contributed by atoms with Crippen molar-refractivity contribution in [3.8, 4) is 5.75 Å². The molecule has 1 aromatic carbocycles. The fraction of sp³-hybridized carbons (Fsp3) is 0.545. The van der Waals surface area contributed by atoms with E-state index in [4.69, 9.17) is 14.6 Å². The van der Waals surface area contributed by atoms with Crippen LogP contribution in [0.5, 0.6) is 5.75 Å². The Morgan fingerprint density at radius 1 is 1.25 bits per heavy atom. The first kappa shape index (κ1) is 21.0. The number of ether oxygens (including phenoxy) is 2. The molecule has 5 rings (SSSR count). The van der Waals surface area contributed by atoms with Gasteiger partial charge in [0.1, 0.15) is 12.4 Å². The third kappa shape index (κ3) is 3.36. The number of carbonyl (C=O) groups is 1. The number of halogens is 3. The van der Waals surface area contributed by atoms with Crippen LogP contribution in [0.2, 0.25) is 0 Å². The van der Waals surface area contributed by atoms with Gasteiger partial charge in [-0.1, -0.05) is 0 Å². The van der Waals surface area contributed by atoms with Crippen molar-refractivity contribution < 1.29 is 27.4 Å². The quantitative estimate of drug-likeness (QED) is 0.670. The van der Waals surface area contributed by atoms with Gasteiger partial charge < -0.3 is 19.3 Å². The van der Waals surface area contributed by atoms with Gasteiger partial charge in [-0.05, 0) is 43.9 Å². The van der Waals surface area contributed by atoms with Crippen LogP contribution in [-0.4, -0.2) is 47.6 Å².